The van der Waals surface area contributed by atoms with E-state index in [2.05, 4.69) is 36.4 Å². The number of anilines is 1. The molecular weight excluding hydrogens is 388 g/mol. The number of methoxy groups -OCH3 is 1. The minimum absolute atomic E-state index is 0.0174. The fourth-order valence-electron chi connectivity index (χ4n) is 2.44. The maximum absolute atomic E-state index is 12.1. The molecule has 2 aromatic carbocycles. The first-order chi connectivity index (χ1) is 12.1. The van der Waals surface area contributed by atoms with Crippen LogP contribution in [0.4, 0.5) is 11.7 Å². The Bertz CT molecular complexity index is 995. The number of carbonyl (C=O) groups is 1. The average Bonchev–Trinajstić information content (AvgIpc) is 3.21. The Kier molecular flexibility index (Phi) is 3.81. The molecule has 25 heavy (non-hydrogen) atoms. The zero-order chi connectivity index (χ0) is 17.4. The number of halogens is 1. The SMILES string of the molecule is COc1ccc(-c2nnc(/N=C3/C(=O)Nc4ccc(Br)cc43)o2)cc1. The summed E-state index contributed by atoms with van der Waals surface area (Å²) in [5, 5.41) is 10.6. The third-order valence-electron chi connectivity index (χ3n) is 3.66. The Balaban J connectivity index is 1.68. The van der Waals surface area contributed by atoms with Gasteiger partial charge in [0.05, 0.1) is 12.8 Å². The summed E-state index contributed by atoms with van der Waals surface area (Å²) in [6.07, 6.45) is 0. The van der Waals surface area contributed by atoms with E-state index >= 15 is 0 Å². The van der Waals surface area contributed by atoms with E-state index in [0.717, 1.165) is 15.8 Å². The maximum Gasteiger partial charge on any atom is 0.343 e. The quantitative estimate of drug-likeness (QED) is 0.727. The van der Waals surface area contributed by atoms with Gasteiger partial charge in [-0.1, -0.05) is 21.0 Å². The van der Waals surface area contributed by atoms with Crippen LogP contribution in [0.5, 0.6) is 5.75 Å². The molecule has 0 aliphatic carbocycles. The highest BCUT2D eigenvalue weighted by Crippen LogP contribution is 2.29. The highest BCUT2D eigenvalue weighted by Gasteiger charge is 2.27. The van der Waals surface area contributed by atoms with Gasteiger partial charge in [0.25, 0.3) is 5.91 Å². The summed E-state index contributed by atoms with van der Waals surface area (Å²) in [5.74, 6) is 0.737. The summed E-state index contributed by atoms with van der Waals surface area (Å²) < 4.78 is 11.5. The zero-order valence-corrected chi connectivity index (χ0v) is 14.6. The van der Waals surface area contributed by atoms with Crippen molar-refractivity contribution in [1.82, 2.24) is 10.2 Å². The van der Waals surface area contributed by atoms with Crippen molar-refractivity contribution in [2.75, 3.05) is 12.4 Å². The van der Waals surface area contributed by atoms with Crippen LogP contribution in [0.2, 0.25) is 0 Å². The highest BCUT2D eigenvalue weighted by atomic mass is 79.9. The van der Waals surface area contributed by atoms with Gasteiger partial charge in [0.15, 0.2) is 0 Å². The van der Waals surface area contributed by atoms with E-state index in [1.807, 2.05) is 12.1 Å². The number of ether oxygens (including phenoxy) is 1. The van der Waals surface area contributed by atoms with Crippen molar-refractivity contribution in [3.05, 3.63) is 52.5 Å². The van der Waals surface area contributed by atoms with Crippen LogP contribution in [0.25, 0.3) is 11.5 Å². The van der Waals surface area contributed by atoms with Gasteiger partial charge >= 0.3 is 6.01 Å². The van der Waals surface area contributed by atoms with E-state index in [9.17, 15) is 4.79 Å². The lowest BCUT2D eigenvalue weighted by atomic mass is 10.1. The predicted octanol–water partition coefficient (Wildman–Crippen LogP) is 3.58. The summed E-state index contributed by atoms with van der Waals surface area (Å²) in [6.45, 7) is 0. The lowest BCUT2D eigenvalue weighted by Crippen LogP contribution is -2.13. The number of nitrogens with one attached hydrogen (secondary N) is 1. The second-order valence-electron chi connectivity index (χ2n) is 5.22. The van der Waals surface area contributed by atoms with Gasteiger partial charge in [-0.25, -0.2) is 0 Å². The van der Waals surface area contributed by atoms with Gasteiger partial charge in [-0.2, -0.15) is 4.99 Å². The monoisotopic (exact) mass is 398 g/mol. The molecule has 1 aliphatic rings. The highest BCUT2D eigenvalue weighted by molar-refractivity contribution is 9.10. The van der Waals surface area contributed by atoms with Crippen LogP contribution in [0.1, 0.15) is 5.56 Å². The maximum atomic E-state index is 12.1. The molecule has 2 heterocycles. The molecule has 1 amide bonds. The molecule has 1 aromatic heterocycles. The van der Waals surface area contributed by atoms with Crippen LogP contribution in [-0.4, -0.2) is 28.9 Å². The summed E-state index contributed by atoms with van der Waals surface area (Å²) in [7, 11) is 1.60. The second-order valence-corrected chi connectivity index (χ2v) is 6.14. The van der Waals surface area contributed by atoms with E-state index < -0.39 is 0 Å². The number of aliphatic imine (C=N–C) groups is 1. The molecule has 7 nitrogen and oxygen atoms in total. The summed E-state index contributed by atoms with van der Waals surface area (Å²) in [5.41, 5.74) is 2.35. The number of nitrogens with zero attached hydrogens (tertiary/aromatic N) is 3. The van der Waals surface area contributed by atoms with Crippen molar-refractivity contribution in [1.29, 1.82) is 0 Å². The molecule has 0 saturated carbocycles. The van der Waals surface area contributed by atoms with E-state index in [1.54, 1.807) is 37.4 Å². The molecule has 1 N–H and O–H groups in total. The topological polar surface area (TPSA) is 89.6 Å². The third-order valence-corrected chi connectivity index (χ3v) is 4.15. The van der Waals surface area contributed by atoms with Crippen LogP contribution in [0.3, 0.4) is 0 Å². The summed E-state index contributed by atoms with van der Waals surface area (Å²) in [6, 6.07) is 12.7. The van der Waals surface area contributed by atoms with Crippen LogP contribution < -0.4 is 10.1 Å². The lowest BCUT2D eigenvalue weighted by molar-refractivity contribution is -0.110. The van der Waals surface area contributed by atoms with E-state index in [0.29, 0.717) is 17.1 Å². The van der Waals surface area contributed by atoms with Crippen molar-refractivity contribution in [2.45, 2.75) is 0 Å². The minimum Gasteiger partial charge on any atom is -0.497 e. The largest absolute Gasteiger partial charge is 0.497 e. The molecule has 4 rings (SSSR count). The lowest BCUT2D eigenvalue weighted by Gasteiger charge is -1.99. The predicted molar refractivity (Wildman–Crippen MR) is 95.3 cm³/mol. The second kappa shape index (κ2) is 6.14. The molecule has 0 spiro atoms. The van der Waals surface area contributed by atoms with Crippen molar-refractivity contribution < 1.29 is 13.9 Å². The molecule has 8 heteroatoms. The smallest absolute Gasteiger partial charge is 0.343 e. The van der Waals surface area contributed by atoms with Gasteiger partial charge in [0.2, 0.25) is 5.89 Å². The molecule has 0 atom stereocenters. The van der Waals surface area contributed by atoms with Crippen molar-refractivity contribution in [3.8, 4) is 17.2 Å². The molecule has 124 valence electrons. The standard InChI is InChI=1S/C17H11BrN4O3/c1-24-11-5-2-9(3-6-11)16-21-22-17(25-16)20-14-12-8-10(18)4-7-13(12)19-15(14)23/h2-8H,1H3,(H,19,20,22,23). The number of rotatable bonds is 3. The molecule has 3 aromatic rings. The van der Waals surface area contributed by atoms with Crippen LogP contribution in [0, 0.1) is 0 Å². The zero-order valence-electron chi connectivity index (χ0n) is 13.0. The Morgan fingerprint density at radius 1 is 1.16 bits per heavy atom. The molecule has 0 unspecified atom stereocenters. The third kappa shape index (κ3) is 2.91. The van der Waals surface area contributed by atoms with Gasteiger partial charge in [0, 0.05) is 15.6 Å². The number of hydrogen-bond acceptors (Lipinski definition) is 6. The van der Waals surface area contributed by atoms with Gasteiger partial charge in [-0.15, -0.1) is 5.10 Å². The Morgan fingerprint density at radius 2 is 1.96 bits per heavy atom. The minimum atomic E-state index is -0.308. The Morgan fingerprint density at radius 3 is 2.72 bits per heavy atom. The Hall–Kier alpha value is -3.00. The number of hydrogen-bond donors (Lipinski definition) is 1. The fourth-order valence-corrected chi connectivity index (χ4v) is 2.80. The molecular formula is C17H11BrN4O3. The first-order valence-corrected chi connectivity index (χ1v) is 8.11. The van der Waals surface area contributed by atoms with Gasteiger partial charge in [0.1, 0.15) is 11.5 Å². The van der Waals surface area contributed by atoms with Crippen LogP contribution in [-0.2, 0) is 4.79 Å². The van der Waals surface area contributed by atoms with Crippen LogP contribution >= 0.6 is 15.9 Å². The molecule has 0 fully saturated rings. The van der Waals surface area contributed by atoms with Crippen molar-refractivity contribution in [2.24, 2.45) is 4.99 Å². The number of amides is 1. The van der Waals surface area contributed by atoms with Crippen molar-refractivity contribution >= 4 is 39.3 Å². The van der Waals surface area contributed by atoms with E-state index in [1.165, 1.54) is 0 Å². The van der Waals surface area contributed by atoms with E-state index in [4.69, 9.17) is 9.15 Å². The first kappa shape index (κ1) is 15.5. The normalized spacial score (nSPS) is 14.5. The van der Waals surface area contributed by atoms with Crippen molar-refractivity contribution in [3.63, 3.8) is 0 Å². The average molecular weight is 399 g/mol. The van der Waals surface area contributed by atoms with Crippen LogP contribution in [0.15, 0.2) is 56.3 Å². The Labute approximate surface area is 150 Å². The van der Waals surface area contributed by atoms with E-state index in [-0.39, 0.29) is 17.6 Å². The molecule has 0 bridgehead atoms. The molecule has 0 radical (unpaired) electrons. The number of aromatic nitrogens is 2. The number of benzene rings is 2. The number of fused-ring (bicyclic) bond motifs is 1. The van der Waals surface area contributed by atoms with Gasteiger partial charge in [-0.05, 0) is 42.5 Å². The molecule has 1 aliphatic heterocycles. The number of carbonyl (C=O) groups excluding carboxylic acids is 1. The first-order valence-electron chi connectivity index (χ1n) is 7.32. The summed E-state index contributed by atoms with van der Waals surface area (Å²) in [4.78, 5) is 16.4. The van der Waals surface area contributed by atoms with Gasteiger partial charge in [-0.3, -0.25) is 4.79 Å². The summed E-state index contributed by atoms with van der Waals surface area (Å²) >= 11 is 3.39. The molecule has 0 saturated heterocycles. The fraction of sp³-hybridized carbons (Fsp3) is 0.0588. The van der Waals surface area contributed by atoms with Gasteiger partial charge < -0.3 is 14.5 Å².